The zero-order valence-corrected chi connectivity index (χ0v) is 18.7. The smallest absolute Gasteiger partial charge is 0.273 e. The molecule has 10 nitrogen and oxygen atoms in total. The number of likely N-dealkylation sites (N-methyl/N-ethyl adjacent to an activating group) is 1. The van der Waals surface area contributed by atoms with Crippen LogP contribution in [0.1, 0.15) is 18.4 Å². The number of fused-ring (bicyclic) bond motifs is 1. The molecule has 4 rings (SSSR count). The molecule has 0 saturated carbocycles. The van der Waals surface area contributed by atoms with E-state index in [9.17, 15) is 10.1 Å². The molecule has 10 heteroatoms. The van der Waals surface area contributed by atoms with Gasteiger partial charge < -0.3 is 25.0 Å². The second-order valence-electron chi connectivity index (χ2n) is 7.84. The van der Waals surface area contributed by atoms with Gasteiger partial charge in [0.25, 0.3) is 5.69 Å². The number of benzene rings is 2. The Kier molecular flexibility index (Phi) is 6.55. The number of methoxy groups -OCH3 is 1. The van der Waals surface area contributed by atoms with Crippen molar-refractivity contribution in [3.63, 3.8) is 0 Å². The fraction of sp³-hybridized carbons (Fsp3) is 0.304. The van der Waals surface area contributed by atoms with Crippen molar-refractivity contribution in [1.82, 2.24) is 9.97 Å². The molecule has 0 spiro atoms. The maximum Gasteiger partial charge on any atom is 0.273 e. The Morgan fingerprint density at radius 1 is 1.24 bits per heavy atom. The first-order valence-electron chi connectivity index (χ1n) is 10.6. The van der Waals surface area contributed by atoms with Crippen LogP contribution in [0.4, 0.5) is 28.8 Å². The summed E-state index contributed by atoms with van der Waals surface area (Å²) in [7, 11) is 3.69. The van der Waals surface area contributed by atoms with E-state index in [1.54, 1.807) is 19.2 Å². The average Bonchev–Trinajstić information content (AvgIpc) is 3.19. The molecular formula is C23H26N6O4. The van der Waals surface area contributed by atoms with Gasteiger partial charge in [0.1, 0.15) is 11.6 Å². The molecule has 1 aliphatic rings. The maximum absolute atomic E-state index is 11.1. The van der Waals surface area contributed by atoms with Crippen molar-refractivity contribution in [2.24, 2.45) is 0 Å². The van der Waals surface area contributed by atoms with Crippen molar-refractivity contribution in [3.05, 3.63) is 64.2 Å². The second-order valence-corrected chi connectivity index (χ2v) is 7.84. The SMILES string of the molecule is COCCN(C)c1ccc(Nc2nc3c(c(Oc4cccc([N+](=O)[O-])c4)n2)C(C)CN3)cc1. The first-order chi connectivity index (χ1) is 15.9. The van der Waals surface area contributed by atoms with E-state index in [4.69, 9.17) is 9.47 Å². The highest BCUT2D eigenvalue weighted by molar-refractivity contribution is 5.64. The first-order valence-corrected chi connectivity index (χ1v) is 10.6. The minimum absolute atomic E-state index is 0.0433. The molecule has 3 aromatic rings. The van der Waals surface area contributed by atoms with Gasteiger partial charge in [-0.3, -0.25) is 10.1 Å². The number of nitro groups is 1. The molecule has 1 aliphatic heterocycles. The molecule has 0 radical (unpaired) electrons. The number of ether oxygens (including phenoxy) is 2. The lowest BCUT2D eigenvalue weighted by molar-refractivity contribution is -0.384. The van der Waals surface area contributed by atoms with Crippen molar-refractivity contribution in [2.75, 3.05) is 49.4 Å². The van der Waals surface area contributed by atoms with Gasteiger partial charge in [0.05, 0.1) is 23.2 Å². The van der Waals surface area contributed by atoms with Crippen LogP contribution in [-0.2, 0) is 4.74 Å². The highest BCUT2D eigenvalue weighted by Gasteiger charge is 2.27. The van der Waals surface area contributed by atoms with E-state index in [-0.39, 0.29) is 11.6 Å². The molecule has 172 valence electrons. The minimum Gasteiger partial charge on any atom is -0.438 e. The summed E-state index contributed by atoms with van der Waals surface area (Å²) >= 11 is 0. The van der Waals surface area contributed by atoms with Gasteiger partial charge in [-0.15, -0.1) is 0 Å². The van der Waals surface area contributed by atoms with Crippen LogP contribution in [0.2, 0.25) is 0 Å². The average molecular weight is 450 g/mol. The van der Waals surface area contributed by atoms with Crippen LogP contribution in [-0.4, -0.2) is 48.7 Å². The van der Waals surface area contributed by atoms with Gasteiger partial charge in [-0.25, -0.2) is 0 Å². The molecule has 0 aliphatic carbocycles. The van der Waals surface area contributed by atoms with Crippen molar-refractivity contribution < 1.29 is 14.4 Å². The number of nitro benzene ring substituents is 1. The third kappa shape index (κ3) is 5.12. The Bertz CT molecular complexity index is 1140. The van der Waals surface area contributed by atoms with Crippen LogP contribution >= 0.6 is 0 Å². The molecule has 0 bridgehead atoms. The third-order valence-electron chi connectivity index (χ3n) is 5.42. The predicted octanol–water partition coefficient (Wildman–Crippen LogP) is 4.53. The van der Waals surface area contributed by atoms with E-state index in [0.717, 1.165) is 23.5 Å². The molecule has 0 saturated heterocycles. The number of aromatic nitrogens is 2. The molecule has 33 heavy (non-hydrogen) atoms. The fourth-order valence-corrected chi connectivity index (χ4v) is 3.57. The lowest BCUT2D eigenvalue weighted by atomic mass is 10.1. The third-order valence-corrected chi connectivity index (χ3v) is 5.42. The summed E-state index contributed by atoms with van der Waals surface area (Å²) in [6.07, 6.45) is 0. The van der Waals surface area contributed by atoms with Gasteiger partial charge in [-0.2, -0.15) is 9.97 Å². The fourth-order valence-electron chi connectivity index (χ4n) is 3.57. The largest absolute Gasteiger partial charge is 0.438 e. The molecule has 1 atom stereocenters. The quantitative estimate of drug-likeness (QED) is 0.358. The highest BCUT2D eigenvalue weighted by atomic mass is 16.6. The second kappa shape index (κ2) is 9.70. The van der Waals surface area contributed by atoms with Crippen molar-refractivity contribution in [1.29, 1.82) is 0 Å². The van der Waals surface area contributed by atoms with Crippen molar-refractivity contribution >= 4 is 28.8 Å². The number of hydrogen-bond donors (Lipinski definition) is 2. The van der Waals surface area contributed by atoms with Gasteiger partial charge in [0.2, 0.25) is 11.8 Å². The number of nitrogens with zero attached hydrogens (tertiary/aromatic N) is 4. The number of rotatable bonds is 9. The van der Waals surface area contributed by atoms with Crippen LogP contribution in [0, 0.1) is 10.1 Å². The van der Waals surface area contributed by atoms with E-state index in [1.807, 2.05) is 31.3 Å². The Hall–Kier alpha value is -3.92. The van der Waals surface area contributed by atoms with Crippen LogP contribution in [0.25, 0.3) is 0 Å². The molecule has 2 heterocycles. The van der Waals surface area contributed by atoms with E-state index >= 15 is 0 Å². The lowest BCUT2D eigenvalue weighted by Gasteiger charge is -2.19. The summed E-state index contributed by atoms with van der Waals surface area (Å²) in [4.78, 5) is 21.9. The van der Waals surface area contributed by atoms with E-state index in [0.29, 0.717) is 36.5 Å². The molecule has 2 aromatic carbocycles. The van der Waals surface area contributed by atoms with Crippen LogP contribution in [0.15, 0.2) is 48.5 Å². The lowest BCUT2D eigenvalue weighted by Crippen LogP contribution is -2.21. The monoisotopic (exact) mass is 450 g/mol. The Labute approximate surface area is 191 Å². The number of hydrogen-bond acceptors (Lipinski definition) is 9. The normalized spacial score (nSPS) is 14.3. The molecule has 1 unspecified atom stereocenters. The first kappa shape index (κ1) is 22.3. The zero-order chi connectivity index (χ0) is 23.4. The summed E-state index contributed by atoms with van der Waals surface area (Å²) in [5.74, 6) is 1.92. The highest BCUT2D eigenvalue weighted by Crippen LogP contribution is 2.39. The Balaban J connectivity index is 1.58. The summed E-state index contributed by atoms with van der Waals surface area (Å²) in [5, 5.41) is 17.6. The van der Waals surface area contributed by atoms with E-state index < -0.39 is 4.92 Å². The minimum atomic E-state index is -0.454. The van der Waals surface area contributed by atoms with Crippen LogP contribution < -0.4 is 20.3 Å². The van der Waals surface area contributed by atoms with Gasteiger partial charge >= 0.3 is 0 Å². The molecule has 1 aromatic heterocycles. The van der Waals surface area contributed by atoms with Crippen LogP contribution in [0.5, 0.6) is 11.6 Å². The number of anilines is 4. The van der Waals surface area contributed by atoms with E-state index in [1.165, 1.54) is 12.1 Å². The summed E-state index contributed by atoms with van der Waals surface area (Å²) in [6.45, 7) is 4.20. The maximum atomic E-state index is 11.1. The molecular weight excluding hydrogens is 424 g/mol. The standard InChI is InChI=1S/C23H26N6O4/c1-15-14-24-21-20(15)22(33-19-6-4-5-18(13-19)29(30)31)27-23(26-21)25-16-7-9-17(10-8-16)28(2)11-12-32-3/h4-10,13,15H,11-12,14H2,1-3H3,(H2,24,25,26,27). The Morgan fingerprint density at radius 3 is 2.76 bits per heavy atom. The molecule has 0 fully saturated rings. The number of non-ortho nitro benzene ring substituents is 1. The van der Waals surface area contributed by atoms with Gasteiger partial charge in [-0.1, -0.05) is 13.0 Å². The summed E-state index contributed by atoms with van der Waals surface area (Å²) < 4.78 is 11.1. The van der Waals surface area contributed by atoms with Gasteiger partial charge in [0, 0.05) is 50.6 Å². The van der Waals surface area contributed by atoms with Crippen molar-refractivity contribution in [2.45, 2.75) is 12.8 Å². The van der Waals surface area contributed by atoms with E-state index in [2.05, 4.69) is 32.4 Å². The van der Waals surface area contributed by atoms with Gasteiger partial charge in [-0.05, 0) is 30.3 Å². The van der Waals surface area contributed by atoms with Crippen LogP contribution in [0.3, 0.4) is 0 Å². The Morgan fingerprint density at radius 2 is 2.03 bits per heavy atom. The van der Waals surface area contributed by atoms with Crippen molar-refractivity contribution in [3.8, 4) is 11.6 Å². The topological polar surface area (TPSA) is 115 Å². The van der Waals surface area contributed by atoms with Gasteiger partial charge in [0.15, 0.2) is 0 Å². The number of nitrogens with one attached hydrogen (secondary N) is 2. The predicted molar refractivity (Wildman–Crippen MR) is 127 cm³/mol. The summed E-state index contributed by atoms with van der Waals surface area (Å²) in [6, 6.07) is 14.0. The molecule has 0 amide bonds. The zero-order valence-electron chi connectivity index (χ0n) is 18.7. The molecule has 2 N–H and O–H groups in total. The summed E-state index contributed by atoms with van der Waals surface area (Å²) in [5.41, 5.74) is 2.70.